The van der Waals surface area contributed by atoms with E-state index in [0.29, 0.717) is 5.41 Å². The van der Waals surface area contributed by atoms with Crippen molar-refractivity contribution in [3.63, 3.8) is 0 Å². The zero-order valence-corrected chi connectivity index (χ0v) is 11.7. The van der Waals surface area contributed by atoms with Gasteiger partial charge in [0.05, 0.1) is 0 Å². The highest BCUT2D eigenvalue weighted by Gasteiger charge is 2.25. The monoisotopic (exact) mass is 227 g/mol. The number of hydrogen-bond acceptors (Lipinski definition) is 3. The van der Waals surface area contributed by atoms with Crippen molar-refractivity contribution >= 4 is 0 Å². The van der Waals surface area contributed by atoms with E-state index in [9.17, 15) is 0 Å². The van der Waals surface area contributed by atoms with Crippen molar-refractivity contribution < 1.29 is 0 Å². The quantitative estimate of drug-likeness (QED) is 0.737. The van der Waals surface area contributed by atoms with Crippen molar-refractivity contribution in [1.29, 1.82) is 0 Å². The molecule has 16 heavy (non-hydrogen) atoms. The van der Waals surface area contributed by atoms with Crippen LogP contribution in [0, 0.1) is 5.41 Å². The average Bonchev–Trinajstić information content (AvgIpc) is 2.50. The summed E-state index contributed by atoms with van der Waals surface area (Å²) >= 11 is 0. The number of likely N-dealkylation sites (tertiary alicyclic amines) is 1. The third-order valence-electron chi connectivity index (χ3n) is 3.55. The van der Waals surface area contributed by atoms with Crippen molar-refractivity contribution in [2.24, 2.45) is 5.41 Å². The zero-order chi connectivity index (χ0) is 12.2. The molecular formula is C13H29N3. The van der Waals surface area contributed by atoms with Crippen molar-refractivity contribution in [2.45, 2.75) is 32.7 Å². The normalized spacial score (nSPS) is 23.2. The average molecular weight is 227 g/mol. The lowest BCUT2D eigenvalue weighted by Crippen LogP contribution is -2.43. The standard InChI is InChI=1S/C13H29N3/c1-13(2,10-14-3)11-15(4)9-12-7-6-8-16(12)5/h12,14H,6-11H2,1-5H3. The molecular weight excluding hydrogens is 198 g/mol. The second-order valence-corrected chi connectivity index (χ2v) is 6.17. The molecule has 1 rings (SSSR count). The van der Waals surface area contributed by atoms with Crippen LogP contribution in [-0.2, 0) is 0 Å². The van der Waals surface area contributed by atoms with Gasteiger partial charge in [-0.1, -0.05) is 13.8 Å². The summed E-state index contributed by atoms with van der Waals surface area (Å²) in [6, 6.07) is 0.774. The van der Waals surface area contributed by atoms with Crippen LogP contribution in [0.1, 0.15) is 26.7 Å². The molecule has 1 heterocycles. The van der Waals surface area contributed by atoms with Crippen molar-refractivity contribution in [2.75, 3.05) is 47.3 Å². The van der Waals surface area contributed by atoms with Crippen LogP contribution in [0.3, 0.4) is 0 Å². The van der Waals surface area contributed by atoms with Gasteiger partial charge >= 0.3 is 0 Å². The van der Waals surface area contributed by atoms with Gasteiger partial charge in [-0.15, -0.1) is 0 Å². The first-order valence-corrected chi connectivity index (χ1v) is 6.48. The first-order valence-electron chi connectivity index (χ1n) is 6.48. The molecule has 0 spiro atoms. The van der Waals surface area contributed by atoms with Gasteiger partial charge in [-0.25, -0.2) is 0 Å². The maximum Gasteiger partial charge on any atom is 0.0220 e. The third kappa shape index (κ3) is 4.40. The number of rotatable bonds is 6. The molecule has 3 heteroatoms. The molecule has 1 unspecified atom stereocenters. The van der Waals surface area contributed by atoms with Gasteiger partial charge in [-0.3, -0.25) is 0 Å². The fourth-order valence-electron chi connectivity index (χ4n) is 2.90. The van der Waals surface area contributed by atoms with Gasteiger partial charge < -0.3 is 15.1 Å². The van der Waals surface area contributed by atoms with Crippen LogP contribution in [0.15, 0.2) is 0 Å². The molecule has 96 valence electrons. The molecule has 0 aromatic carbocycles. The summed E-state index contributed by atoms with van der Waals surface area (Å²) in [5.74, 6) is 0. The van der Waals surface area contributed by atoms with Crippen molar-refractivity contribution in [3.8, 4) is 0 Å². The molecule has 1 N–H and O–H groups in total. The number of hydrogen-bond donors (Lipinski definition) is 1. The molecule has 1 aliphatic heterocycles. The van der Waals surface area contributed by atoms with Crippen molar-refractivity contribution in [1.82, 2.24) is 15.1 Å². The Labute approximate surface area is 101 Å². The lowest BCUT2D eigenvalue weighted by atomic mass is 9.92. The number of nitrogens with zero attached hydrogens (tertiary/aromatic N) is 2. The first-order chi connectivity index (χ1) is 7.44. The van der Waals surface area contributed by atoms with Gasteiger partial charge in [0.2, 0.25) is 0 Å². The Bertz CT molecular complexity index is 203. The van der Waals surface area contributed by atoms with E-state index in [1.807, 2.05) is 7.05 Å². The van der Waals surface area contributed by atoms with Crippen LogP contribution in [0.2, 0.25) is 0 Å². The zero-order valence-electron chi connectivity index (χ0n) is 11.7. The Morgan fingerprint density at radius 2 is 2.12 bits per heavy atom. The maximum absolute atomic E-state index is 3.28. The molecule has 1 atom stereocenters. The Morgan fingerprint density at radius 3 is 2.62 bits per heavy atom. The predicted molar refractivity (Wildman–Crippen MR) is 70.9 cm³/mol. The largest absolute Gasteiger partial charge is 0.319 e. The van der Waals surface area contributed by atoms with E-state index in [4.69, 9.17) is 0 Å². The van der Waals surface area contributed by atoms with Gasteiger partial charge in [-0.05, 0) is 45.9 Å². The summed E-state index contributed by atoms with van der Waals surface area (Å²) in [6.45, 7) is 9.40. The molecule has 0 aliphatic carbocycles. The highest BCUT2D eigenvalue weighted by molar-refractivity contribution is 4.81. The Hall–Kier alpha value is -0.120. The molecule has 0 aromatic heterocycles. The Morgan fingerprint density at radius 1 is 1.44 bits per heavy atom. The van der Waals surface area contributed by atoms with Crippen LogP contribution in [0.4, 0.5) is 0 Å². The smallest absolute Gasteiger partial charge is 0.0220 e. The molecule has 1 fully saturated rings. The molecule has 1 saturated heterocycles. The van der Waals surface area contributed by atoms with Gasteiger partial charge in [0, 0.05) is 25.7 Å². The molecule has 1 aliphatic rings. The second-order valence-electron chi connectivity index (χ2n) is 6.17. The van der Waals surface area contributed by atoms with E-state index in [1.54, 1.807) is 0 Å². The lowest BCUT2D eigenvalue weighted by Gasteiger charge is -2.33. The van der Waals surface area contributed by atoms with Crippen LogP contribution in [-0.4, -0.2) is 63.2 Å². The Balaban J connectivity index is 2.32. The highest BCUT2D eigenvalue weighted by atomic mass is 15.2. The number of likely N-dealkylation sites (N-methyl/N-ethyl adjacent to an activating group) is 2. The summed E-state index contributed by atoms with van der Waals surface area (Å²) in [5.41, 5.74) is 0.362. The van der Waals surface area contributed by atoms with E-state index < -0.39 is 0 Å². The number of nitrogens with one attached hydrogen (secondary N) is 1. The third-order valence-corrected chi connectivity index (χ3v) is 3.55. The fourth-order valence-corrected chi connectivity index (χ4v) is 2.90. The SMILES string of the molecule is CNCC(C)(C)CN(C)CC1CCCN1C. The fraction of sp³-hybridized carbons (Fsp3) is 1.00. The van der Waals surface area contributed by atoms with Crippen LogP contribution in [0.5, 0.6) is 0 Å². The highest BCUT2D eigenvalue weighted by Crippen LogP contribution is 2.19. The molecule has 0 aromatic rings. The van der Waals surface area contributed by atoms with Crippen LogP contribution < -0.4 is 5.32 Å². The van der Waals surface area contributed by atoms with Crippen molar-refractivity contribution in [3.05, 3.63) is 0 Å². The van der Waals surface area contributed by atoms with Gasteiger partial charge in [0.1, 0.15) is 0 Å². The minimum absolute atomic E-state index is 0.362. The summed E-state index contributed by atoms with van der Waals surface area (Å²) in [4.78, 5) is 4.99. The summed E-state index contributed by atoms with van der Waals surface area (Å²) < 4.78 is 0. The van der Waals surface area contributed by atoms with E-state index in [1.165, 1.54) is 25.9 Å². The molecule has 3 nitrogen and oxygen atoms in total. The maximum atomic E-state index is 3.28. The van der Waals surface area contributed by atoms with Crippen LogP contribution in [0.25, 0.3) is 0 Å². The molecule has 0 amide bonds. The minimum Gasteiger partial charge on any atom is -0.319 e. The topological polar surface area (TPSA) is 18.5 Å². The predicted octanol–water partition coefficient (Wildman–Crippen LogP) is 1.26. The van der Waals surface area contributed by atoms with Crippen LogP contribution >= 0.6 is 0 Å². The molecule has 0 saturated carbocycles. The van der Waals surface area contributed by atoms with E-state index in [2.05, 4.69) is 43.1 Å². The Kier molecular flexibility index (Phi) is 5.22. The van der Waals surface area contributed by atoms with E-state index >= 15 is 0 Å². The van der Waals surface area contributed by atoms with E-state index in [-0.39, 0.29) is 0 Å². The first kappa shape index (κ1) is 13.9. The van der Waals surface area contributed by atoms with Gasteiger partial charge in [0.25, 0.3) is 0 Å². The molecule has 0 bridgehead atoms. The minimum atomic E-state index is 0.362. The summed E-state index contributed by atoms with van der Waals surface area (Å²) in [6.07, 6.45) is 2.74. The van der Waals surface area contributed by atoms with Gasteiger partial charge in [0.15, 0.2) is 0 Å². The van der Waals surface area contributed by atoms with Gasteiger partial charge in [-0.2, -0.15) is 0 Å². The van der Waals surface area contributed by atoms with E-state index in [0.717, 1.165) is 19.1 Å². The summed E-state index contributed by atoms with van der Waals surface area (Å²) in [7, 11) is 6.54. The summed E-state index contributed by atoms with van der Waals surface area (Å²) in [5, 5.41) is 3.28. The molecule has 0 radical (unpaired) electrons. The second kappa shape index (κ2) is 5.99. The lowest BCUT2D eigenvalue weighted by molar-refractivity contribution is 0.165.